The number of rotatable bonds is 9. The Morgan fingerprint density at radius 2 is 1.74 bits per heavy atom. The van der Waals surface area contributed by atoms with Crippen LogP contribution >= 0.6 is 0 Å². The second kappa shape index (κ2) is 10.2. The highest BCUT2D eigenvalue weighted by atomic mass is 15.5. The van der Waals surface area contributed by atoms with Gasteiger partial charge in [-0.05, 0) is 28.8 Å². The fourth-order valence-corrected chi connectivity index (χ4v) is 3.96. The summed E-state index contributed by atoms with van der Waals surface area (Å²) in [6.07, 6.45) is 5.73. The van der Waals surface area contributed by atoms with Gasteiger partial charge in [-0.3, -0.25) is 4.98 Å². The van der Waals surface area contributed by atoms with Gasteiger partial charge in [-0.15, -0.1) is 10.2 Å². The normalized spacial score (nSPS) is 11.1. The van der Waals surface area contributed by atoms with Crippen LogP contribution in [0, 0.1) is 0 Å². The number of pyridine rings is 1. The third-order valence-electron chi connectivity index (χ3n) is 5.71. The molecule has 0 spiro atoms. The first-order valence-electron chi connectivity index (χ1n) is 11.5. The topological polar surface area (TPSA) is 98.1 Å². The molecule has 0 saturated carbocycles. The Bertz CT molecular complexity index is 1330. The zero-order valence-corrected chi connectivity index (χ0v) is 19.1. The van der Waals surface area contributed by atoms with Gasteiger partial charge in [-0.2, -0.15) is 10.3 Å². The van der Waals surface area contributed by atoms with Crippen LogP contribution in [0.4, 0.5) is 0 Å². The van der Waals surface area contributed by atoms with Crippen LogP contribution in [0.3, 0.4) is 0 Å². The fourth-order valence-electron chi connectivity index (χ4n) is 3.96. The molecule has 3 heterocycles. The molecule has 3 aromatic heterocycles. The zero-order valence-electron chi connectivity index (χ0n) is 19.1. The molecule has 0 bridgehead atoms. The van der Waals surface area contributed by atoms with Crippen LogP contribution in [0.25, 0.3) is 22.5 Å². The van der Waals surface area contributed by atoms with Crippen molar-refractivity contribution in [2.45, 2.75) is 39.2 Å². The first-order valence-corrected chi connectivity index (χ1v) is 11.5. The lowest BCUT2D eigenvalue weighted by atomic mass is 10.0. The van der Waals surface area contributed by atoms with Crippen molar-refractivity contribution in [2.75, 3.05) is 0 Å². The zero-order chi connectivity index (χ0) is 23.2. The Morgan fingerprint density at radius 3 is 2.47 bits per heavy atom. The molecule has 170 valence electrons. The molecule has 0 aliphatic heterocycles. The van der Waals surface area contributed by atoms with E-state index in [4.69, 9.17) is 15.1 Å². The monoisotopic (exact) mass is 450 g/mol. The number of hydrogen-bond acceptors (Lipinski definition) is 6. The number of unbranched alkanes of at least 4 members (excludes halogenated alkanes) is 1. The van der Waals surface area contributed by atoms with E-state index >= 15 is 0 Å². The average Bonchev–Trinajstić information content (AvgIpc) is 3.54. The molecule has 0 saturated heterocycles. The van der Waals surface area contributed by atoms with Crippen molar-refractivity contribution in [3.63, 3.8) is 0 Å². The first kappa shape index (κ1) is 21.6. The SMILES string of the molecule is CCCCc1nc(Cc2ccccc2)nn1Cc1ccc(-c2ccccc2-c2nn[nH]n2)cn1. The predicted molar refractivity (Wildman–Crippen MR) is 130 cm³/mol. The molecule has 0 radical (unpaired) electrons. The largest absolute Gasteiger partial charge is 0.259 e. The summed E-state index contributed by atoms with van der Waals surface area (Å²) in [5.41, 5.74) is 5.07. The van der Waals surface area contributed by atoms with Crippen LogP contribution in [0.2, 0.25) is 0 Å². The number of H-pyrrole nitrogens is 1. The summed E-state index contributed by atoms with van der Waals surface area (Å²) in [4.78, 5) is 9.58. The van der Waals surface area contributed by atoms with Crippen molar-refractivity contribution in [3.05, 3.63) is 95.8 Å². The Morgan fingerprint density at radius 1 is 0.912 bits per heavy atom. The molecule has 5 rings (SSSR count). The van der Waals surface area contributed by atoms with Gasteiger partial charge in [0.15, 0.2) is 5.82 Å². The highest BCUT2D eigenvalue weighted by Crippen LogP contribution is 2.29. The van der Waals surface area contributed by atoms with Crippen molar-refractivity contribution >= 4 is 0 Å². The van der Waals surface area contributed by atoms with Gasteiger partial charge in [-0.1, -0.05) is 74.0 Å². The summed E-state index contributed by atoms with van der Waals surface area (Å²) >= 11 is 0. The van der Waals surface area contributed by atoms with E-state index in [2.05, 4.69) is 45.7 Å². The first-order chi connectivity index (χ1) is 16.8. The number of benzene rings is 2. The summed E-state index contributed by atoms with van der Waals surface area (Å²) < 4.78 is 2.00. The van der Waals surface area contributed by atoms with Gasteiger partial charge >= 0.3 is 0 Å². The maximum absolute atomic E-state index is 4.85. The number of tetrazole rings is 1. The average molecular weight is 451 g/mol. The van der Waals surface area contributed by atoms with Crippen molar-refractivity contribution < 1.29 is 0 Å². The van der Waals surface area contributed by atoms with Crippen molar-refractivity contribution in [1.82, 2.24) is 40.4 Å². The van der Waals surface area contributed by atoms with E-state index in [1.54, 1.807) is 0 Å². The lowest BCUT2D eigenvalue weighted by Crippen LogP contribution is -2.08. The standard InChI is InChI=1S/C26H26N8/c1-2-3-13-25-28-24(16-19-9-5-4-6-10-19)31-34(25)18-21-15-14-20(17-27-21)22-11-7-8-12-23(22)26-29-32-33-30-26/h4-12,14-15,17H,2-3,13,16,18H2,1H3,(H,29,30,32,33). The Hall–Kier alpha value is -4.20. The highest BCUT2D eigenvalue weighted by molar-refractivity contribution is 5.79. The van der Waals surface area contributed by atoms with E-state index in [1.807, 2.05) is 59.4 Å². The maximum atomic E-state index is 4.85. The van der Waals surface area contributed by atoms with Crippen molar-refractivity contribution in [3.8, 4) is 22.5 Å². The van der Waals surface area contributed by atoms with Crippen molar-refractivity contribution in [1.29, 1.82) is 0 Å². The second-order valence-electron chi connectivity index (χ2n) is 8.19. The van der Waals surface area contributed by atoms with Crippen LogP contribution < -0.4 is 0 Å². The Kier molecular flexibility index (Phi) is 6.47. The summed E-state index contributed by atoms with van der Waals surface area (Å²) in [7, 11) is 0. The predicted octanol–water partition coefficient (Wildman–Crippen LogP) is 4.50. The molecule has 5 aromatic rings. The summed E-state index contributed by atoms with van der Waals surface area (Å²) in [5.74, 6) is 2.43. The van der Waals surface area contributed by atoms with Crippen LogP contribution in [0.5, 0.6) is 0 Å². The summed E-state index contributed by atoms with van der Waals surface area (Å²) in [5, 5.41) is 19.3. The lowest BCUT2D eigenvalue weighted by Gasteiger charge is -2.08. The van der Waals surface area contributed by atoms with Gasteiger partial charge in [0.2, 0.25) is 5.82 Å². The summed E-state index contributed by atoms with van der Waals surface area (Å²) in [6, 6.07) is 22.5. The number of hydrogen-bond donors (Lipinski definition) is 1. The maximum Gasteiger partial charge on any atom is 0.205 e. The van der Waals surface area contributed by atoms with Gasteiger partial charge in [0.1, 0.15) is 5.82 Å². The van der Waals surface area contributed by atoms with Crippen LogP contribution in [-0.4, -0.2) is 40.4 Å². The molecule has 34 heavy (non-hydrogen) atoms. The highest BCUT2D eigenvalue weighted by Gasteiger charge is 2.13. The molecular formula is C26H26N8. The molecule has 8 nitrogen and oxygen atoms in total. The number of nitrogens with zero attached hydrogens (tertiary/aromatic N) is 7. The molecule has 0 unspecified atom stereocenters. The van der Waals surface area contributed by atoms with E-state index < -0.39 is 0 Å². The van der Waals surface area contributed by atoms with E-state index in [0.29, 0.717) is 12.4 Å². The molecule has 0 aliphatic carbocycles. The molecule has 2 aromatic carbocycles. The smallest absolute Gasteiger partial charge is 0.205 e. The van der Waals surface area contributed by atoms with E-state index in [-0.39, 0.29) is 0 Å². The summed E-state index contributed by atoms with van der Waals surface area (Å²) in [6.45, 7) is 2.78. The van der Waals surface area contributed by atoms with E-state index in [0.717, 1.165) is 59.7 Å². The lowest BCUT2D eigenvalue weighted by molar-refractivity contribution is 0.607. The van der Waals surface area contributed by atoms with E-state index in [9.17, 15) is 0 Å². The number of aromatic amines is 1. The van der Waals surface area contributed by atoms with Crippen LogP contribution in [-0.2, 0) is 19.4 Å². The molecule has 1 N–H and O–H groups in total. The third-order valence-corrected chi connectivity index (χ3v) is 5.71. The quantitative estimate of drug-likeness (QED) is 0.355. The number of aryl methyl sites for hydroxylation is 1. The van der Waals surface area contributed by atoms with Gasteiger partial charge in [0.05, 0.1) is 12.2 Å². The Balaban J connectivity index is 1.38. The minimum absolute atomic E-state index is 0.564. The van der Waals surface area contributed by atoms with E-state index in [1.165, 1.54) is 5.56 Å². The Labute approximate surface area is 198 Å². The van der Waals surface area contributed by atoms with Gasteiger partial charge in [0, 0.05) is 30.2 Å². The molecule has 8 heteroatoms. The molecule has 0 aliphatic rings. The van der Waals surface area contributed by atoms with Crippen LogP contribution in [0.1, 0.15) is 42.7 Å². The molecule has 0 atom stereocenters. The number of aromatic nitrogens is 8. The third kappa shape index (κ3) is 4.91. The van der Waals surface area contributed by atoms with Gasteiger partial charge in [-0.25, -0.2) is 9.67 Å². The molecule has 0 fully saturated rings. The fraction of sp³-hybridized carbons (Fsp3) is 0.231. The minimum atomic E-state index is 0.564. The van der Waals surface area contributed by atoms with Gasteiger partial charge < -0.3 is 0 Å². The van der Waals surface area contributed by atoms with Gasteiger partial charge in [0.25, 0.3) is 0 Å². The molecule has 0 amide bonds. The number of nitrogens with one attached hydrogen (secondary N) is 1. The van der Waals surface area contributed by atoms with Crippen LogP contribution in [0.15, 0.2) is 72.9 Å². The second-order valence-corrected chi connectivity index (χ2v) is 8.19. The minimum Gasteiger partial charge on any atom is -0.259 e. The van der Waals surface area contributed by atoms with Crippen molar-refractivity contribution in [2.24, 2.45) is 0 Å². The molecular weight excluding hydrogens is 424 g/mol.